The summed E-state index contributed by atoms with van der Waals surface area (Å²) in [5.41, 5.74) is 3.60. The van der Waals surface area contributed by atoms with Crippen molar-refractivity contribution in [3.8, 4) is 11.1 Å². The number of nitrogens with one attached hydrogen (secondary N) is 1. The fourth-order valence-electron chi connectivity index (χ4n) is 4.44. The minimum atomic E-state index is -4.48. The fraction of sp³-hybridized carbons (Fsp3) is 0.207. The average molecular weight is 534 g/mol. The van der Waals surface area contributed by atoms with Gasteiger partial charge in [-0.1, -0.05) is 18.7 Å². The topological polar surface area (TPSA) is 88.1 Å². The zero-order valence-corrected chi connectivity index (χ0v) is 21.2. The summed E-state index contributed by atoms with van der Waals surface area (Å²) in [7, 11) is 2.12. The number of carbonyl (C=O) groups is 2. The highest BCUT2D eigenvalue weighted by Gasteiger charge is 2.30. The second kappa shape index (κ2) is 12.0. The van der Waals surface area contributed by atoms with Crippen LogP contribution in [-0.4, -0.2) is 52.2 Å². The molecule has 5 rings (SSSR count). The number of fused-ring (bicyclic) bond motifs is 1. The maximum atomic E-state index is 12.7. The first-order valence-corrected chi connectivity index (χ1v) is 12.1. The van der Waals surface area contributed by atoms with E-state index >= 15 is 0 Å². The van der Waals surface area contributed by atoms with E-state index in [1.807, 2.05) is 24.4 Å². The average Bonchev–Trinajstić information content (AvgIpc) is 3.38. The van der Waals surface area contributed by atoms with Gasteiger partial charge in [-0.2, -0.15) is 13.2 Å². The first-order valence-electron chi connectivity index (χ1n) is 12.1. The Bertz CT molecular complexity index is 1470. The van der Waals surface area contributed by atoms with E-state index in [0.29, 0.717) is 24.0 Å². The van der Waals surface area contributed by atoms with Crippen molar-refractivity contribution in [3.05, 3.63) is 96.6 Å². The van der Waals surface area contributed by atoms with Crippen molar-refractivity contribution in [1.29, 1.82) is 0 Å². The maximum Gasteiger partial charge on any atom is 0.417 e. The van der Waals surface area contributed by atoms with Crippen molar-refractivity contribution in [3.63, 3.8) is 0 Å². The number of nitrogens with zero attached hydrogens (tertiary/aromatic N) is 4. The number of alkyl halides is 3. The second-order valence-electron chi connectivity index (χ2n) is 9.11. The number of anilines is 1. The largest absolute Gasteiger partial charge is 0.417 e. The van der Waals surface area contributed by atoms with E-state index in [1.54, 1.807) is 18.5 Å². The third kappa shape index (κ3) is 6.71. The summed E-state index contributed by atoms with van der Waals surface area (Å²) in [6.07, 6.45) is 2.50. The Morgan fingerprint density at radius 2 is 1.82 bits per heavy atom. The third-order valence-electron chi connectivity index (χ3n) is 6.38. The zero-order valence-electron chi connectivity index (χ0n) is 21.2. The molecule has 7 nitrogen and oxygen atoms in total. The minimum Gasteiger partial charge on any atom is -0.307 e. The quantitative estimate of drug-likeness (QED) is 0.260. The fourth-order valence-corrected chi connectivity index (χ4v) is 4.44. The van der Waals surface area contributed by atoms with Crippen LogP contribution in [0, 0.1) is 0 Å². The van der Waals surface area contributed by atoms with Gasteiger partial charge in [-0.25, -0.2) is 15.0 Å². The van der Waals surface area contributed by atoms with Crippen LogP contribution in [0.2, 0.25) is 0 Å². The Morgan fingerprint density at radius 3 is 2.41 bits per heavy atom. The van der Waals surface area contributed by atoms with Gasteiger partial charge in [0.25, 0.3) is 5.91 Å². The molecule has 2 aromatic carbocycles. The number of hydrogen-bond acceptors (Lipinski definition) is 6. The lowest BCUT2D eigenvalue weighted by Crippen LogP contribution is -2.14. The van der Waals surface area contributed by atoms with Crippen LogP contribution in [0.15, 0.2) is 79.9 Å². The molecule has 2 aromatic heterocycles. The molecule has 200 valence electrons. The molecule has 1 aliphatic heterocycles. The molecule has 0 spiro atoms. The monoisotopic (exact) mass is 533 g/mol. The van der Waals surface area contributed by atoms with Gasteiger partial charge in [-0.3, -0.25) is 9.59 Å². The van der Waals surface area contributed by atoms with E-state index in [4.69, 9.17) is 4.79 Å². The molecule has 39 heavy (non-hydrogen) atoms. The number of allylic oxidation sites excluding steroid dienone is 1. The van der Waals surface area contributed by atoms with Crippen molar-refractivity contribution >= 4 is 28.9 Å². The smallest absolute Gasteiger partial charge is 0.307 e. The van der Waals surface area contributed by atoms with Crippen LogP contribution in [-0.2, 0) is 11.0 Å². The van der Waals surface area contributed by atoms with Gasteiger partial charge >= 0.3 is 6.18 Å². The first kappa shape index (κ1) is 27.6. The number of hydrogen-bond donors (Lipinski definition) is 1. The van der Waals surface area contributed by atoms with Gasteiger partial charge in [-0.15, -0.1) is 0 Å². The van der Waals surface area contributed by atoms with Crippen LogP contribution in [0.4, 0.5) is 19.0 Å². The maximum absolute atomic E-state index is 12.7. The number of carbonyl (C=O) groups excluding carboxylic acids is 2. The van der Waals surface area contributed by atoms with E-state index in [0.717, 1.165) is 53.7 Å². The summed E-state index contributed by atoms with van der Waals surface area (Å²) in [6, 6.07) is 13.3. The number of likely N-dealkylation sites (tertiary alicyclic amines) is 1. The van der Waals surface area contributed by atoms with Crippen LogP contribution in [0.1, 0.15) is 33.8 Å². The molecule has 0 radical (unpaired) electrons. The molecule has 1 aliphatic rings. The summed E-state index contributed by atoms with van der Waals surface area (Å²) in [6.45, 7) is 5.12. The lowest BCUT2D eigenvalue weighted by molar-refractivity contribution is -0.137. The molecule has 10 heteroatoms. The third-order valence-corrected chi connectivity index (χ3v) is 6.38. The minimum absolute atomic E-state index is 0.0489. The van der Waals surface area contributed by atoms with Crippen molar-refractivity contribution in [2.75, 3.05) is 25.5 Å². The molecule has 0 bridgehead atoms. The molecular formula is C29H26F3N5O2. The van der Waals surface area contributed by atoms with Gasteiger partial charge in [0, 0.05) is 29.9 Å². The Kier molecular flexibility index (Phi) is 8.46. The van der Waals surface area contributed by atoms with Crippen molar-refractivity contribution in [2.24, 2.45) is 0 Å². The molecule has 1 unspecified atom stereocenters. The lowest BCUT2D eigenvalue weighted by Gasteiger charge is -2.15. The normalized spacial score (nSPS) is 15.3. The highest BCUT2D eigenvalue weighted by atomic mass is 19.4. The number of likely N-dealkylation sites (N-methyl/N-ethyl adjacent to an activating group) is 1. The molecule has 3 heterocycles. The van der Waals surface area contributed by atoms with Gasteiger partial charge in [-0.05, 0) is 85.1 Å². The standard InChI is InChI=1S/C26H22F3N5O.C3H4O/c1-34-9-8-18(14-34)22-11-19(10-20-12-30-15-32-24(20)22)16-2-4-17(5-3-16)25(35)33-23-7-6-21(13-31-23)26(27,28)29;1-2-3-4/h2-7,10-13,15,18H,8-9,14H2,1H3,(H,31,33,35);2-3H,1H2. The molecule has 1 fully saturated rings. The molecule has 4 aromatic rings. The van der Waals surface area contributed by atoms with E-state index < -0.39 is 17.6 Å². The zero-order chi connectivity index (χ0) is 28.0. The van der Waals surface area contributed by atoms with Crippen LogP contribution in [0.25, 0.3) is 22.0 Å². The Labute approximate surface area is 223 Å². The summed E-state index contributed by atoms with van der Waals surface area (Å²) >= 11 is 0. The summed E-state index contributed by atoms with van der Waals surface area (Å²) in [5, 5.41) is 3.49. The number of pyridine rings is 1. The van der Waals surface area contributed by atoms with E-state index in [2.05, 4.69) is 44.9 Å². The van der Waals surface area contributed by atoms with Gasteiger partial charge in [0.1, 0.15) is 18.4 Å². The van der Waals surface area contributed by atoms with E-state index in [1.165, 1.54) is 11.6 Å². The van der Waals surface area contributed by atoms with Gasteiger partial charge in [0.05, 0.1) is 11.1 Å². The first-order chi connectivity index (χ1) is 18.7. The van der Waals surface area contributed by atoms with Crippen molar-refractivity contribution in [2.45, 2.75) is 18.5 Å². The number of amides is 1. The highest BCUT2D eigenvalue weighted by Crippen LogP contribution is 2.35. The Morgan fingerprint density at radius 1 is 1.08 bits per heavy atom. The van der Waals surface area contributed by atoms with Crippen molar-refractivity contribution < 1.29 is 22.8 Å². The van der Waals surface area contributed by atoms with Crippen LogP contribution in [0.3, 0.4) is 0 Å². The Hall–Kier alpha value is -4.44. The van der Waals surface area contributed by atoms with Crippen molar-refractivity contribution in [1.82, 2.24) is 19.9 Å². The van der Waals surface area contributed by atoms with Gasteiger partial charge < -0.3 is 10.2 Å². The molecule has 1 amide bonds. The molecule has 0 aliphatic carbocycles. The van der Waals surface area contributed by atoms with Gasteiger partial charge in [0.2, 0.25) is 0 Å². The number of halogens is 3. The number of benzene rings is 2. The molecule has 1 atom stereocenters. The van der Waals surface area contributed by atoms with Crippen LogP contribution < -0.4 is 5.32 Å². The predicted molar refractivity (Wildman–Crippen MR) is 143 cm³/mol. The highest BCUT2D eigenvalue weighted by molar-refractivity contribution is 6.04. The van der Waals surface area contributed by atoms with E-state index in [-0.39, 0.29) is 5.82 Å². The number of aromatic nitrogens is 3. The molecular weight excluding hydrogens is 507 g/mol. The number of rotatable bonds is 5. The van der Waals surface area contributed by atoms with Crippen LogP contribution >= 0.6 is 0 Å². The second-order valence-corrected chi connectivity index (χ2v) is 9.11. The van der Waals surface area contributed by atoms with E-state index in [9.17, 15) is 18.0 Å². The molecule has 1 N–H and O–H groups in total. The van der Waals surface area contributed by atoms with Crippen LogP contribution in [0.5, 0.6) is 0 Å². The summed E-state index contributed by atoms with van der Waals surface area (Å²) < 4.78 is 38.1. The van der Waals surface area contributed by atoms with Gasteiger partial charge in [0.15, 0.2) is 0 Å². The lowest BCUT2D eigenvalue weighted by atomic mass is 9.91. The summed E-state index contributed by atoms with van der Waals surface area (Å²) in [5.74, 6) is -0.0168. The number of aldehydes is 1. The predicted octanol–water partition coefficient (Wildman–Crippen LogP) is 5.75. The summed E-state index contributed by atoms with van der Waals surface area (Å²) in [4.78, 5) is 36.4. The molecule has 0 saturated carbocycles. The SMILES string of the molecule is C=CC=O.CN1CCC(c2cc(-c3ccc(C(=O)Nc4ccc(C(F)(F)F)cn4)cc3)cc3cncnc23)C1. The Balaban J connectivity index is 0.000000826. The molecule has 1 saturated heterocycles.